The van der Waals surface area contributed by atoms with Crippen LogP contribution in [-0.2, 0) is 0 Å². The normalized spacial score (nSPS) is 23.3. The topological polar surface area (TPSA) is 40.5 Å². The molecule has 1 aliphatic carbocycles. The van der Waals surface area contributed by atoms with Crippen molar-refractivity contribution < 1.29 is 18.8 Å². The summed E-state index contributed by atoms with van der Waals surface area (Å²) in [7, 11) is -1.60. The van der Waals surface area contributed by atoms with Gasteiger partial charge in [0.15, 0.2) is 0 Å². The Bertz CT molecular complexity index is 354. The lowest BCUT2D eigenvalue weighted by Crippen LogP contribution is -2.29. The molecule has 2 nitrogen and oxygen atoms in total. The molecule has 2 N–H and O–H groups in total. The molecule has 1 fully saturated rings. The third-order valence-corrected chi connectivity index (χ3v) is 2.44. The lowest BCUT2D eigenvalue weighted by atomic mass is 9.79. The van der Waals surface area contributed by atoms with Crippen molar-refractivity contribution >= 4 is 12.6 Å². The molecule has 0 heterocycles. The van der Waals surface area contributed by atoms with E-state index in [4.69, 9.17) is 10.0 Å². The van der Waals surface area contributed by atoms with Crippen molar-refractivity contribution in [2.75, 3.05) is 0 Å². The summed E-state index contributed by atoms with van der Waals surface area (Å²) in [5.41, 5.74) is 0.728. The van der Waals surface area contributed by atoms with Gasteiger partial charge >= 0.3 is 7.12 Å². The number of benzene rings is 1. The number of hydrogen-bond donors (Lipinski definition) is 2. The van der Waals surface area contributed by atoms with Crippen molar-refractivity contribution in [3.05, 3.63) is 29.8 Å². The number of hydrogen-bond acceptors (Lipinski definition) is 2. The monoisotopic (exact) mass is 198 g/mol. The summed E-state index contributed by atoms with van der Waals surface area (Å²) in [6.07, 6.45) is -0.141. The van der Waals surface area contributed by atoms with Crippen molar-refractivity contribution in [1.82, 2.24) is 0 Å². The molecule has 0 amide bonds. The summed E-state index contributed by atoms with van der Waals surface area (Å²) in [5.74, 6) is -3.36. The first-order valence-corrected chi connectivity index (χ1v) is 4.34. The fourth-order valence-electron chi connectivity index (χ4n) is 1.51. The molecule has 1 aromatic carbocycles. The Hall–Kier alpha value is -0.935. The zero-order valence-electron chi connectivity index (χ0n) is 7.32. The van der Waals surface area contributed by atoms with Crippen LogP contribution in [0.1, 0.15) is 17.9 Å². The van der Waals surface area contributed by atoms with E-state index in [2.05, 4.69) is 0 Å². The summed E-state index contributed by atoms with van der Waals surface area (Å²) >= 11 is 0. The second kappa shape index (κ2) is 3.03. The van der Waals surface area contributed by atoms with Crippen LogP contribution in [0, 0.1) is 0 Å². The second-order valence-electron chi connectivity index (χ2n) is 3.56. The Morgan fingerprint density at radius 3 is 2.50 bits per heavy atom. The number of halogens is 2. The van der Waals surface area contributed by atoms with E-state index in [1.807, 2.05) is 0 Å². The molecule has 14 heavy (non-hydrogen) atoms. The molecule has 0 aromatic heterocycles. The van der Waals surface area contributed by atoms with E-state index in [-0.39, 0.29) is 11.9 Å². The summed E-state index contributed by atoms with van der Waals surface area (Å²) in [4.78, 5) is 0. The van der Waals surface area contributed by atoms with Gasteiger partial charge in [0.1, 0.15) is 0 Å². The summed E-state index contributed by atoms with van der Waals surface area (Å²) in [6, 6.07) is 6.04. The molecular formula is C9H9BF2O2. The molecule has 1 atom stereocenters. The minimum absolute atomic E-state index is 0.141. The van der Waals surface area contributed by atoms with E-state index in [0.29, 0.717) is 5.56 Å². The molecule has 0 aliphatic heterocycles. The van der Waals surface area contributed by atoms with Crippen LogP contribution in [0.15, 0.2) is 24.3 Å². The van der Waals surface area contributed by atoms with E-state index in [0.717, 1.165) is 0 Å². The maximum absolute atomic E-state index is 12.7. The SMILES string of the molecule is OB(O)c1cccc(C2CC2(F)F)c1. The fraction of sp³-hybridized carbons (Fsp3) is 0.333. The molecule has 1 aromatic rings. The fourth-order valence-corrected chi connectivity index (χ4v) is 1.51. The third kappa shape index (κ3) is 1.65. The molecule has 2 rings (SSSR count). The summed E-state index contributed by atoms with van der Waals surface area (Å²) in [5, 5.41) is 17.7. The van der Waals surface area contributed by atoms with Crippen LogP contribution in [0.3, 0.4) is 0 Å². The molecule has 1 aliphatic rings. The number of rotatable bonds is 2. The van der Waals surface area contributed by atoms with Crippen molar-refractivity contribution in [3.63, 3.8) is 0 Å². The lowest BCUT2D eigenvalue weighted by molar-refractivity contribution is 0.112. The molecule has 1 saturated carbocycles. The van der Waals surface area contributed by atoms with Crippen molar-refractivity contribution in [3.8, 4) is 0 Å². The predicted molar refractivity (Wildman–Crippen MR) is 48.6 cm³/mol. The predicted octanol–water partition coefficient (Wildman–Crippen LogP) is 0.489. The van der Waals surface area contributed by atoms with Crippen LogP contribution in [0.25, 0.3) is 0 Å². The van der Waals surface area contributed by atoms with Crippen LogP contribution in [-0.4, -0.2) is 23.1 Å². The Labute approximate surface area is 80.3 Å². The second-order valence-corrected chi connectivity index (χ2v) is 3.56. The molecule has 0 spiro atoms. The Balaban J connectivity index is 2.24. The van der Waals surface area contributed by atoms with E-state index in [1.165, 1.54) is 12.1 Å². The van der Waals surface area contributed by atoms with Gasteiger partial charge in [0.2, 0.25) is 0 Å². The van der Waals surface area contributed by atoms with Gasteiger partial charge in [-0.25, -0.2) is 8.78 Å². The van der Waals surface area contributed by atoms with E-state index in [1.54, 1.807) is 12.1 Å². The minimum atomic E-state index is -2.61. The molecule has 5 heteroatoms. The smallest absolute Gasteiger partial charge is 0.423 e. The summed E-state index contributed by atoms with van der Waals surface area (Å²) < 4.78 is 25.4. The molecule has 0 saturated heterocycles. The Morgan fingerprint density at radius 1 is 1.36 bits per heavy atom. The summed E-state index contributed by atoms with van der Waals surface area (Å²) in [6.45, 7) is 0. The average Bonchev–Trinajstić information content (AvgIpc) is 2.75. The van der Waals surface area contributed by atoms with Crippen molar-refractivity contribution in [2.45, 2.75) is 18.3 Å². The van der Waals surface area contributed by atoms with E-state index < -0.39 is 19.0 Å². The first kappa shape index (κ1) is 9.61. The largest absolute Gasteiger partial charge is 0.488 e. The average molecular weight is 198 g/mol. The maximum Gasteiger partial charge on any atom is 0.488 e. The van der Waals surface area contributed by atoms with Gasteiger partial charge in [0.25, 0.3) is 5.92 Å². The van der Waals surface area contributed by atoms with E-state index in [9.17, 15) is 8.78 Å². The molecule has 74 valence electrons. The lowest BCUT2D eigenvalue weighted by Gasteiger charge is -2.03. The maximum atomic E-state index is 12.7. The number of alkyl halides is 2. The van der Waals surface area contributed by atoms with Gasteiger partial charge in [-0.3, -0.25) is 0 Å². The van der Waals surface area contributed by atoms with Crippen LogP contribution in [0.4, 0.5) is 8.78 Å². The molecule has 1 unspecified atom stereocenters. The van der Waals surface area contributed by atoms with Gasteiger partial charge in [-0.15, -0.1) is 0 Å². The Kier molecular flexibility index (Phi) is 2.08. The minimum Gasteiger partial charge on any atom is -0.423 e. The van der Waals surface area contributed by atoms with Crippen molar-refractivity contribution in [2.24, 2.45) is 0 Å². The highest BCUT2D eigenvalue weighted by atomic mass is 19.3. The van der Waals surface area contributed by atoms with Crippen molar-refractivity contribution in [1.29, 1.82) is 0 Å². The Morgan fingerprint density at radius 2 is 2.00 bits per heavy atom. The van der Waals surface area contributed by atoms with Gasteiger partial charge in [-0.2, -0.15) is 0 Å². The van der Waals surface area contributed by atoms with Gasteiger partial charge in [-0.05, 0) is 11.0 Å². The standard InChI is InChI=1S/C9H9BF2O2/c11-9(12)5-8(9)6-2-1-3-7(4-6)10(13)14/h1-4,8,13-14H,5H2. The first-order valence-electron chi connectivity index (χ1n) is 4.34. The van der Waals surface area contributed by atoms with Crippen LogP contribution >= 0.6 is 0 Å². The highest BCUT2D eigenvalue weighted by Crippen LogP contribution is 2.55. The highest BCUT2D eigenvalue weighted by Gasteiger charge is 2.57. The van der Waals surface area contributed by atoms with Gasteiger partial charge in [0.05, 0.1) is 5.92 Å². The molecule has 0 bridgehead atoms. The van der Waals surface area contributed by atoms with Crippen LogP contribution < -0.4 is 5.46 Å². The van der Waals surface area contributed by atoms with Gasteiger partial charge in [-0.1, -0.05) is 24.3 Å². The quantitative estimate of drug-likeness (QED) is 0.678. The molecular weight excluding hydrogens is 189 g/mol. The zero-order valence-corrected chi connectivity index (χ0v) is 7.32. The van der Waals surface area contributed by atoms with Gasteiger partial charge < -0.3 is 10.0 Å². The molecule has 0 radical (unpaired) electrons. The third-order valence-electron chi connectivity index (χ3n) is 2.44. The van der Waals surface area contributed by atoms with Gasteiger partial charge in [0, 0.05) is 6.42 Å². The zero-order chi connectivity index (χ0) is 10.3. The highest BCUT2D eigenvalue weighted by molar-refractivity contribution is 6.58. The van der Waals surface area contributed by atoms with Crippen LogP contribution in [0.5, 0.6) is 0 Å². The van der Waals surface area contributed by atoms with E-state index >= 15 is 0 Å². The van der Waals surface area contributed by atoms with Crippen LogP contribution in [0.2, 0.25) is 0 Å². The first-order chi connectivity index (χ1) is 6.50.